The van der Waals surface area contributed by atoms with E-state index < -0.39 is 0 Å². The van der Waals surface area contributed by atoms with E-state index in [1.807, 2.05) is 0 Å². The molecule has 114 valence electrons. The molecule has 2 unspecified atom stereocenters. The van der Waals surface area contributed by atoms with Crippen LogP contribution in [-0.2, 0) is 4.74 Å². The average molecular weight is 277 g/mol. The van der Waals surface area contributed by atoms with Crippen LogP contribution in [0.15, 0.2) is 30.3 Å². The van der Waals surface area contributed by atoms with Gasteiger partial charge in [0, 0.05) is 19.2 Å². The monoisotopic (exact) mass is 277 g/mol. The quantitative estimate of drug-likeness (QED) is 0.633. The normalized spacial score (nSPS) is 14.4. The van der Waals surface area contributed by atoms with Gasteiger partial charge in [-0.1, -0.05) is 70.4 Å². The molecule has 2 nitrogen and oxygen atoms in total. The van der Waals surface area contributed by atoms with Crippen LogP contribution in [0.3, 0.4) is 0 Å². The van der Waals surface area contributed by atoms with Gasteiger partial charge >= 0.3 is 0 Å². The highest BCUT2D eigenvalue weighted by Gasteiger charge is 2.19. The smallest absolute Gasteiger partial charge is 0.0618 e. The molecular formula is C18H31NO. The molecule has 2 heteroatoms. The van der Waals surface area contributed by atoms with Crippen molar-refractivity contribution in [1.82, 2.24) is 5.32 Å². The van der Waals surface area contributed by atoms with Gasteiger partial charge in [0.05, 0.1) is 6.61 Å². The van der Waals surface area contributed by atoms with Crippen molar-refractivity contribution >= 4 is 0 Å². The Morgan fingerprint density at radius 2 is 1.80 bits per heavy atom. The molecule has 0 aromatic heterocycles. The zero-order valence-corrected chi connectivity index (χ0v) is 13.6. The van der Waals surface area contributed by atoms with Crippen molar-refractivity contribution in [2.75, 3.05) is 13.7 Å². The van der Waals surface area contributed by atoms with Crippen molar-refractivity contribution in [2.45, 2.75) is 58.5 Å². The summed E-state index contributed by atoms with van der Waals surface area (Å²) in [4.78, 5) is 0. The summed E-state index contributed by atoms with van der Waals surface area (Å²) in [5, 5.41) is 3.80. The zero-order valence-electron chi connectivity index (χ0n) is 13.6. The fourth-order valence-electron chi connectivity index (χ4n) is 2.50. The highest BCUT2D eigenvalue weighted by Crippen LogP contribution is 2.21. The summed E-state index contributed by atoms with van der Waals surface area (Å²) in [7, 11) is 1.78. The minimum atomic E-state index is 0.409. The van der Waals surface area contributed by atoms with Gasteiger partial charge in [-0.25, -0.2) is 0 Å². The standard InChI is InChI=1S/C18H31NO/c1-5-6-8-13-17(16-11-9-7-10-12-16)19-18(14-20-4)15(2)3/h7,9-12,15,17-19H,5-6,8,13-14H2,1-4H3. The lowest BCUT2D eigenvalue weighted by molar-refractivity contribution is 0.139. The molecule has 0 amide bonds. The highest BCUT2D eigenvalue weighted by atomic mass is 16.5. The minimum Gasteiger partial charge on any atom is -0.383 e. The number of methoxy groups -OCH3 is 1. The van der Waals surface area contributed by atoms with Crippen LogP contribution in [0.1, 0.15) is 58.1 Å². The third-order valence-corrected chi connectivity index (χ3v) is 3.86. The Morgan fingerprint density at radius 1 is 1.10 bits per heavy atom. The Morgan fingerprint density at radius 3 is 2.35 bits per heavy atom. The Kier molecular flexibility index (Phi) is 8.56. The average Bonchev–Trinajstić information content (AvgIpc) is 2.46. The van der Waals surface area contributed by atoms with E-state index in [1.54, 1.807) is 7.11 Å². The molecule has 0 aliphatic rings. The fraction of sp³-hybridized carbons (Fsp3) is 0.667. The predicted molar refractivity (Wildman–Crippen MR) is 87.0 cm³/mol. The van der Waals surface area contributed by atoms with Gasteiger partial charge in [0.15, 0.2) is 0 Å². The number of unbranched alkanes of at least 4 members (excludes halogenated alkanes) is 2. The molecule has 2 atom stereocenters. The number of hydrogen-bond acceptors (Lipinski definition) is 2. The summed E-state index contributed by atoms with van der Waals surface area (Å²) in [6, 6.07) is 11.6. The van der Waals surface area contributed by atoms with Crippen LogP contribution in [0.25, 0.3) is 0 Å². The molecule has 0 bridgehead atoms. The first-order valence-electron chi connectivity index (χ1n) is 7.99. The lowest BCUT2D eigenvalue weighted by atomic mass is 9.97. The van der Waals surface area contributed by atoms with E-state index in [9.17, 15) is 0 Å². The van der Waals surface area contributed by atoms with E-state index in [0.717, 1.165) is 6.61 Å². The van der Waals surface area contributed by atoms with E-state index in [1.165, 1.54) is 31.2 Å². The van der Waals surface area contributed by atoms with E-state index in [4.69, 9.17) is 4.74 Å². The Balaban J connectivity index is 2.70. The van der Waals surface area contributed by atoms with Gasteiger partial charge in [-0.2, -0.15) is 0 Å². The molecule has 0 fully saturated rings. The van der Waals surface area contributed by atoms with Crippen molar-refractivity contribution in [2.24, 2.45) is 5.92 Å². The molecule has 1 aromatic carbocycles. The molecule has 20 heavy (non-hydrogen) atoms. The SMILES string of the molecule is CCCCCC(NC(COC)C(C)C)c1ccccc1. The summed E-state index contributed by atoms with van der Waals surface area (Å²) in [6.45, 7) is 7.54. The van der Waals surface area contributed by atoms with Crippen LogP contribution in [0, 0.1) is 5.92 Å². The van der Waals surface area contributed by atoms with Gasteiger partial charge in [0.2, 0.25) is 0 Å². The molecule has 0 saturated heterocycles. The molecule has 1 rings (SSSR count). The van der Waals surface area contributed by atoms with Crippen LogP contribution >= 0.6 is 0 Å². The molecule has 0 radical (unpaired) electrons. The largest absolute Gasteiger partial charge is 0.383 e. The maximum Gasteiger partial charge on any atom is 0.0618 e. The molecule has 0 aliphatic heterocycles. The van der Waals surface area contributed by atoms with Crippen LogP contribution in [0.5, 0.6) is 0 Å². The van der Waals surface area contributed by atoms with Gasteiger partial charge in [-0.15, -0.1) is 0 Å². The lowest BCUT2D eigenvalue weighted by Crippen LogP contribution is -2.40. The van der Waals surface area contributed by atoms with Crippen LogP contribution in [0.2, 0.25) is 0 Å². The van der Waals surface area contributed by atoms with Gasteiger partial charge in [0.1, 0.15) is 0 Å². The third kappa shape index (κ3) is 6.06. The number of nitrogens with one attached hydrogen (secondary N) is 1. The molecule has 1 N–H and O–H groups in total. The van der Waals surface area contributed by atoms with E-state index in [0.29, 0.717) is 18.0 Å². The second kappa shape index (κ2) is 9.95. The summed E-state index contributed by atoms with van der Waals surface area (Å²) in [5.74, 6) is 0.576. The maximum absolute atomic E-state index is 5.37. The topological polar surface area (TPSA) is 21.3 Å². The van der Waals surface area contributed by atoms with Gasteiger partial charge in [-0.3, -0.25) is 0 Å². The van der Waals surface area contributed by atoms with Gasteiger partial charge < -0.3 is 10.1 Å². The number of benzene rings is 1. The van der Waals surface area contributed by atoms with Crippen molar-refractivity contribution in [1.29, 1.82) is 0 Å². The number of rotatable bonds is 10. The summed E-state index contributed by atoms with van der Waals surface area (Å²) < 4.78 is 5.37. The minimum absolute atomic E-state index is 0.409. The number of ether oxygens (including phenoxy) is 1. The Bertz CT molecular complexity index is 337. The Labute approximate surface area is 124 Å². The summed E-state index contributed by atoms with van der Waals surface area (Å²) >= 11 is 0. The first kappa shape index (κ1) is 17.2. The highest BCUT2D eigenvalue weighted by molar-refractivity contribution is 5.19. The molecule has 0 saturated carbocycles. The van der Waals surface area contributed by atoms with Crippen LogP contribution in [0.4, 0.5) is 0 Å². The van der Waals surface area contributed by atoms with Crippen molar-refractivity contribution in [3.63, 3.8) is 0 Å². The zero-order chi connectivity index (χ0) is 14.8. The lowest BCUT2D eigenvalue weighted by Gasteiger charge is -2.28. The van der Waals surface area contributed by atoms with Gasteiger partial charge in [0.25, 0.3) is 0 Å². The number of hydrogen-bond donors (Lipinski definition) is 1. The van der Waals surface area contributed by atoms with Crippen molar-refractivity contribution < 1.29 is 4.74 Å². The van der Waals surface area contributed by atoms with Gasteiger partial charge in [-0.05, 0) is 17.9 Å². The first-order valence-corrected chi connectivity index (χ1v) is 7.99. The first-order chi connectivity index (χ1) is 9.69. The molecule has 0 spiro atoms. The van der Waals surface area contributed by atoms with E-state index in [2.05, 4.69) is 56.4 Å². The van der Waals surface area contributed by atoms with Crippen LogP contribution in [-0.4, -0.2) is 19.8 Å². The second-order valence-electron chi connectivity index (χ2n) is 5.93. The Hall–Kier alpha value is -0.860. The summed E-state index contributed by atoms with van der Waals surface area (Å²) in [6.07, 6.45) is 5.06. The molecule has 0 aliphatic carbocycles. The van der Waals surface area contributed by atoms with Crippen molar-refractivity contribution in [3.05, 3.63) is 35.9 Å². The maximum atomic E-state index is 5.37. The van der Waals surface area contributed by atoms with Crippen LogP contribution < -0.4 is 5.32 Å². The fourth-order valence-corrected chi connectivity index (χ4v) is 2.50. The molecule has 0 heterocycles. The third-order valence-electron chi connectivity index (χ3n) is 3.86. The van der Waals surface area contributed by atoms with Crippen molar-refractivity contribution in [3.8, 4) is 0 Å². The van der Waals surface area contributed by atoms with E-state index in [-0.39, 0.29) is 0 Å². The molecule has 1 aromatic rings. The van der Waals surface area contributed by atoms with E-state index >= 15 is 0 Å². The molecular weight excluding hydrogens is 246 g/mol. The second-order valence-corrected chi connectivity index (χ2v) is 5.93. The predicted octanol–water partition coefficient (Wildman–Crippen LogP) is 4.57. The summed E-state index contributed by atoms with van der Waals surface area (Å²) in [5.41, 5.74) is 1.39.